The lowest BCUT2D eigenvalue weighted by molar-refractivity contribution is 0.856. The van der Waals surface area contributed by atoms with Crippen molar-refractivity contribution in [3.8, 4) is 0 Å². The smallest absolute Gasteiger partial charge is 0.126 e. The summed E-state index contributed by atoms with van der Waals surface area (Å²) in [7, 11) is 0. The van der Waals surface area contributed by atoms with Gasteiger partial charge in [0.25, 0.3) is 0 Å². The molecular weight excluding hydrogens is 180 g/mol. The highest BCUT2D eigenvalue weighted by Crippen LogP contribution is 2.29. The number of halogens is 1. The van der Waals surface area contributed by atoms with Crippen LogP contribution in [0.1, 0.15) is 20.3 Å². The molecule has 0 aliphatic heterocycles. The Labute approximate surface area is 61.3 Å². The first-order chi connectivity index (χ1) is 3.48. The summed E-state index contributed by atoms with van der Waals surface area (Å²) in [5.41, 5.74) is 0.905. The lowest BCUT2D eigenvalue weighted by Gasteiger charge is -2.20. The van der Waals surface area contributed by atoms with Crippen molar-refractivity contribution in [3.05, 3.63) is 0 Å². The highest BCUT2D eigenvalue weighted by atomic mass is 79.9. The predicted octanol–water partition coefficient (Wildman–Crippen LogP) is 3.39. The maximum Gasteiger partial charge on any atom is 0.127 e. The van der Waals surface area contributed by atoms with Crippen LogP contribution in [0.2, 0.25) is 18.6 Å². The standard InChI is InChI=1S/C6H15BrSi/c1-5-6(2)8(3,4)7/h6H,5H2,1-4H3. The topological polar surface area (TPSA) is 0 Å². The molecule has 0 aliphatic rings. The molecule has 0 saturated carbocycles. The zero-order chi connectivity index (χ0) is 6.78. The first kappa shape index (κ1) is 8.70. The van der Waals surface area contributed by atoms with E-state index in [-0.39, 0.29) is 0 Å². The number of hydrogen-bond donors (Lipinski definition) is 0. The van der Waals surface area contributed by atoms with Crippen LogP contribution in [0.5, 0.6) is 0 Å². The molecule has 1 atom stereocenters. The van der Waals surface area contributed by atoms with Crippen LogP contribution in [-0.2, 0) is 0 Å². The number of hydrogen-bond acceptors (Lipinski definition) is 0. The minimum absolute atomic E-state index is 0.905. The van der Waals surface area contributed by atoms with Gasteiger partial charge in [0, 0.05) is 0 Å². The van der Waals surface area contributed by atoms with Gasteiger partial charge in [-0.05, 0) is 5.54 Å². The zero-order valence-corrected chi connectivity index (χ0v) is 8.75. The van der Waals surface area contributed by atoms with Crippen LogP contribution in [0.25, 0.3) is 0 Å². The number of rotatable bonds is 2. The fourth-order valence-corrected chi connectivity index (χ4v) is 2.43. The van der Waals surface area contributed by atoms with Gasteiger partial charge < -0.3 is 0 Å². The van der Waals surface area contributed by atoms with E-state index in [9.17, 15) is 0 Å². The molecule has 2 heteroatoms. The summed E-state index contributed by atoms with van der Waals surface area (Å²) in [4.78, 5) is 0. The van der Waals surface area contributed by atoms with Gasteiger partial charge in [0.05, 0.1) is 0 Å². The Bertz CT molecular complexity index is 65.4. The molecule has 0 rings (SSSR count). The van der Waals surface area contributed by atoms with Crippen LogP contribution in [0.3, 0.4) is 0 Å². The van der Waals surface area contributed by atoms with Crippen molar-refractivity contribution in [3.63, 3.8) is 0 Å². The average molecular weight is 195 g/mol. The summed E-state index contributed by atoms with van der Waals surface area (Å²) in [5, 5.41) is 0. The highest BCUT2D eigenvalue weighted by Gasteiger charge is 2.22. The van der Waals surface area contributed by atoms with Crippen molar-refractivity contribution < 1.29 is 0 Å². The molecule has 0 saturated heterocycles. The van der Waals surface area contributed by atoms with Gasteiger partial charge in [0.2, 0.25) is 0 Å². The van der Waals surface area contributed by atoms with Gasteiger partial charge >= 0.3 is 0 Å². The van der Waals surface area contributed by atoms with Gasteiger partial charge in [-0.15, -0.1) is 15.3 Å². The quantitative estimate of drug-likeness (QED) is 0.468. The molecule has 0 aromatic heterocycles. The van der Waals surface area contributed by atoms with E-state index in [1.165, 1.54) is 6.42 Å². The van der Waals surface area contributed by atoms with Crippen LogP contribution >= 0.6 is 15.3 Å². The first-order valence-electron chi connectivity index (χ1n) is 3.17. The first-order valence-corrected chi connectivity index (χ1v) is 8.50. The van der Waals surface area contributed by atoms with Gasteiger partial charge in [-0.3, -0.25) is 0 Å². The van der Waals surface area contributed by atoms with E-state index in [0.717, 1.165) is 5.54 Å². The molecule has 0 aromatic carbocycles. The zero-order valence-electron chi connectivity index (χ0n) is 6.16. The molecule has 0 radical (unpaired) electrons. The minimum Gasteiger partial charge on any atom is -0.126 e. The van der Waals surface area contributed by atoms with Crippen LogP contribution in [0.15, 0.2) is 0 Å². The Hall–Kier alpha value is 0.697. The van der Waals surface area contributed by atoms with Crippen molar-refractivity contribution in [2.24, 2.45) is 0 Å². The van der Waals surface area contributed by atoms with Gasteiger partial charge in [-0.25, -0.2) is 0 Å². The van der Waals surface area contributed by atoms with E-state index in [1.54, 1.807) is 0 Å². The fourth-order valence-electron chi connectivity index (χ4n) is 0.485. The van der Waals surface area contributed by atoms with Gasteiger partial charge in [0.15, 0.2) is 0 Å². The molecule has 0 amide bonds. The van der Waals surface area contributed by atoms with Crippen LogP contribution in [0, 0.1) is 0 Å². The second-order valence-corrected chi connectivity index (χ2v) is 13.1. The van der Waals surface area contributed by atoms with Gasteiger partial charge in [-0.1, -0.05) is 33.4 Å². The second-order valence-electron chi connectivity index (χ2n) is 2.87. The lowest BCUT2D eigenvalue weighted by atomic mass is 10.4. The molecule has 0 N–H and O–H groups in total. The summed E-state index contributed by atoms with van der Waals surface area (Å²) in [6, 6.07) is 0. The van der Waals surface area contributed by atoms with Crippen molar-refractivity contribution in [1.82, 2.24) is 0 Å². The SMILES string of the molecule is CCC(C)[Si](C)(C)Br. The molecule has 0 fully saturated rings. The van der Waals surface area contributed by atoms with E-state index in [2.05, 4.69) is 42.2 Å². The summed E-state index contributed by atoms with van der Waals surface area (Å²) < 4.78 is 0. The predicted molar refractivity (Wildman–Crippen MR) is 46.1 cm³/mol. The lowest BCUT2D eigenvalue weighted by Crippen LogP contribution is -2.21. The molecule has 0 nitrogen and oxygen atoms in total. The largest absolute Gasteiger partial charge is 0.127 e. The Kier molecular flexibility index (Phi) is 3.28. The van der Waals surface area contributed by atoms with E-state index < -0.39 is 6.69 Å². The summed E-state index contributed by atoms with van der Waals surface area (Å²) >= 11 is 3.74. The Morgan fingerprint density at radius 3 is 1.88 bits per heavy atom. The van der Waals surface area contributed by atoms with Crippen LogP contribution in [-0.4, -0.2) is 6.69 Å². The van der Waals surface area contributed by atoms with Crippen molar-refractivity contribution >= 4 is 22.0 Å². The molecule has 1 unspecified atom stereocenters. The van der Waals surface area contributed by atoms with Crippen molar-refractivity contribution in [1.29, 1.82) is 0 Å². The van der Waals surface area contributed by atoms with E-state index >= 15 is 0 Å². The third-order valence-electron chi connectivity index (χ3n) is 1.78. The molecular formula is C6H15BrSi. The molecule has 0 heterocycles. The molecule has 50 valence electrons. The molecule has 0 aromatic rings. The minimum atomic E-state index is -0.948. The van der Waals surface area contributed by atoms with Crippen molar-refractivity contribution in [2.75, 3.05) is 0 Å². The average Bonchev–Trinajstić information content (AvgIpc) is 1.62. The molecule has 8 heavy (non-hydrogen) atoms. The molecule has 0 spiro atoms. The molecule has 0 aliphatic carbocycles. The Morgan fingerprint density at radius 2 is 1.88 bits per heavy atom. The maximum absolute atomic E-state index is 3.74. The second kappa shape index (κ2) is 3.02. The van der Waals surface area contributed by atoms with Crippen LogP contribution in [0.4, 0.5) is 0 Å². The van der Waals surface area contributed by atoms with E-state index in [0.29, 0.717) is 0 Å². The van der Waals surface area contributed by atoms with E-state index in [1.807, 2.05) is 0 Å². The van der Waals surface area contributed by atoms with Gasteiger partial charge in [-0.2, -0.15) is 0 Å². The third-order valence-corrected chi connectivity index (χ3v) is 6.88. The van der Waals surface area contributed by atoms with E-state index in [4.69, 9.17) is 0 Å². The van der Waals surface area contributed by atoms with Crippen LogP contribution < -0.4 is 0 Å². The monoisotopic (exact) mass is 194 g/mol. The third kappa shape index (κ3) is 2.87. The summed E-state index contributed by atoms with van der Waals surface area (Å²) in [5.74, 6) is 0. The Balaban J connectivity index is 3.62. The highest BCUT2D eigenvalue weighted by molar-refractivity contribution is 9.26. The Morgan fingerprint density at radius 1 is 1.50 bits per heavy atom. The summed E-state index contributed by atoms with van der Waals surface area (Å²) in [6.45, 7) is 8.32. The molecule has 0 bridgehead atoms. The fraction of sp³-hybridized carbons (Fsp3) is 1.00. The van der Waals surface area contributed by atoms with Gasteiger partial charge in [0.1, 0.15) is 6.69 Å². The summed E-state index contributed by atoms with van der Waals surface area (Å²) in [6.07, 6.45) is 1.31. The maximum atomic E-state index is 3.74. The normalized spacial score (nSPS) is 16.1. The van der Waals surface area contributed by atoms with Crippen molar-refractivity contribution in [2.45, 2.75) is 38.9 Å².